The van der Waals surface area contributed by atoms with Crippen molar-refractivity contribution in [3.63, 3.8) is 0 Å². The van der Waals surface area contributed by atoms with Gasteiger partial charge in [-0.05, 0) is 25.4 Å². The molecule has 0 saturated heterocycles. The third-order valence-electron chi connectivity index (χ3n) is 2.98. The van der Waals surface area contributed by atoms with Gasteiger partial charge in [-0.15, -0.1) is 0 Å². The van der Waals surface area contributed by atoms with Gasteiger partial charge in [0.05, 0.1) is 6.61 Å². The van der Waals surface area contributed by atoms with E-state index >= 15 is 0 Å². The Morgan fingerprint density at radius 1 is 1.33 bits per heavy atom. The quantitative estimate of drug-likeness (QED) is 0.633. The maximum absolute atomic E-state index is 5.08. The highest BCUT2D eigenvalue weighted by atomic mass is 16.5. The third-order valence-corrected chi connectivity index (χ3v) is 2.98. The zero-order valence-corrected chi connectivity index (χ0v) is 11.1. The van der Waals surface area contributed by atoms with Crippen molar-refractivity contribution in [2.24, 2.45) is 5.41 Å². The Hall–Kier alpha value is -0.120. The van der Waals surface area contributed by atoms with Crippen LogP contribution in [0.1, 0.15) is 27.2 Å². The van der Waals surface area contributed by atoms with Crippen LogP contribution < -0.4 is 5.32 Å². The molecule has 0 aromatic heterocycles. The molecule has 0 aliphatic heterocycles. The first-order chi connectivity index (χ1) is 7.08. The van der Waals surface area contributed by atoms with Crippen LogP contribution in [-0.2, 0) is 4.74 Å². The molecule has 0 aliphatic carbocycles. The Bertz CT molecular complexity index is 153. The zero-order chi connectivity index (χ0) is 11.7. The van der Waals surface area contributed by atoms with E-state index in [0.29, 0.717) is 5.41 Å². The van der Waals surface area contributed by atoms with E-state index in [9.17, 15) is 0 Å². The fraction of sp³-hybridized carbons (Fsp3) is 1.00. The second kappa shape index (κ2) is 8.08. The Balaban J connectivity index is 3.93. The first-order valence-electron chi connectivity index (χ1n) is 5.96. The largest absolute Gasteiger partial charge is 0.383 e. The van der Waals surface area contributed by atoms with Crippen molar-refractivity contribution in [1.82, 2.24) is 10.2 Å². The van der Waals surface area contributed by atoms with E-state index in [2.05, 4.69) is 38.0 Å². The summed E-state index contributed by atoms with van der Waals surface area (Å²) in [6.45, 7) is 11.9. The number of ether oxygens (including phenoxy) is 1. The van der Waals surface area contributed by atoms with Crippen molar-refractivity contribution in [3.8, 4) is 0 Å². The van der Waals surface area contributed by atoms with Gasteiger partial charge in [-0.3, -0.25) is 0 Å². The molecule has 0 aromatic rings. The second-order valence-corrected chi connectivity index (χ2v) is 4.68. The topological polar surface area (TPSA) is 24.5 Å². The Morgan fingerprint density at radius 3 is 2.47 bits per heavy atom. The molecule has 0 saturated carbocycles. The highest BCUT2D eigenvalue weighted by molar-refractivity contribution is 4.78. The first-order valence-corrected chi connectivity index (χ1v) is 5.96. The maximum atomic E-state index is 5.08. The molecule has 0 amide bonds. The molecule has 15 heavy (non-hydrogen) atoms. The summed E-state index contributed by atoms with van der Waals surface area (Å²) < 4.78 is 5.08. The molecule has 0 spiro atoms. The molecule has 0 radical (unpaired) electrons. The van der Waals surface area contributed by atoms with Crippen LogP contribution in [-0.4, -0.2) is 51.8 Å². The Kier molecular flexibility index (Phi) is 8.02. The number of hydrogen-bond acceptors (Lipinski definition) is 3. The monoisotopic (exact) mass is 216 g/mol. The maximum Gasteiger partial charge on any atom is 0.0589 e. The molecule has 0 aromatic carbocycles. The van der Waals surface area contributed by atoms with E-state index in [1.165, 1.54) is 6.42 Å². The van der Waals surface area contributed by atoms with E-state index in [0.717, 1.165) is 32.8 Å². The summed E-state index contributed by atoms with van der Waals surface area (Å²) in [7, 11) is 3.92. The summed E-state index contributed by atoms with van der Waals surface area (Å²) in [5, 5.41) is 3.44. The molecule has 0 fully saturated rings. The molecule has 92 valence electrons. The van der Waals surface area contributed by atoms with Gasteiger partial charge in [-0.1, -0.05) is 20.8 Å². The fourth-order valence-corrected chi connectivity index (χ4v) is 1.70. The van der Waals surface area contributed by atoms with Crippen molar-refractivity contribution < 1.29 is 4.74 Å². The molecule has 1 atom stereocenters. The van der Waals surface area contributed by atoms with E-state index in [-0.39, 0.29) is 0 Å². The number of methoxy groups -OCH3 is 1. The van der Waals surface area contributed by atoms with Crippen LogP contribution in [0.5, 0.6) is 0 Å². The molecule has 0 heterocycles. The van der Waals surface area contributed by atoms with Crippen LogP contribution in [0.3, 0.4) is 0 Å². The van der Waals surface area contributed by atoms with Crippen LogP contribution in [0.2, 0.25) is 0 Å². The van der Waals surface area contributed by atoms with Gasteiger partial charge in [0.15, 0.2) is 0 Å². The molecule has 0 aliphatic rings. The number of rotatable bonds is 9. The van der Waals surface area contributed by atoms with E-state index in [1.54, 1.807) is 7.11 Å². The minimum absolute atomic E-state index is 0.374. The Morgan fingerprint density at radius 2 is 2.00 bits per heavy atom. The Labute approximate surface area is 95.2 Å². The molecular weight excluding hydrogens is 188 g/mol. The predicted octanol–water partition coefficient (Wildman–Crippen LogP) is 1.59. The van der Waals surface area contributed by atoms with Crippen LogP contribution in [0.25, 0.3) is 0 Å². The lowest BCUT2D eigenvalue weighted by atomic mass is 9.87. The summed E-state index contributed by atoms with van der Waals surface area (Å²) in [5.41, 5.74) is 0.374. The van der Waals surface area contributed by atoms with Crippen LogP contribution in [0, 0.1) is 5.41 Å². The summed E-state index contributed by atoms with van der Waals surface area (Å²) in [4.78, 5) is 2.35. The van der Waals surface area contributed by atoms with Crippen molar-refractivity contribution in [2.75, 3.05) is 46.9 Å². The number of nitrogens with one attached hydrogen (secondary N) is 1. The van der Waals surface area contributed by atoms with Crippen LogP contribution in [0.15, 0.2) is 0 Å². The highest BCUT2D eigenvalue weighted by Gasteiger charge is 2.23. The zero-order valence-electron chi connectivity index (χ0n) is 11.1. The molecule has 1 N–H and O–H groups in total. The highest BCUT2D eigenvalue weighted by Crippen LogP contribution is 2.20. The number of nitrogens with zero attached hydrogens (tertiary/aromatic N) is 1. The van der Waals surface area contributed by atoms with Gasteiger partial charge in [-0.25, -0.2) is 0 Å². The summed E-state index contributed by atoms with van der Waals surface area (Å²) >= 11 is 0. The normalized spacial score (nSPS) is 15.6. The third kappa shape index (κ3) is 6.88. The second-order valence-electron chi connectivity index (χ2n) is 4.68. The van der Waals surface area contributed by atoms with Crippen molar-refractivity contribution in [3.05, 3.63) is 0 Å². The first kappa shape index (κ1) is 14.9. The van der Waals surface area contributed by atoms with Gasteiger partial charge in [0, 0.05) is 26.7 Å². The fourth-order valence-electron chi connectivity index (χ4n) is 1.70. The number of likely N-dealkylation sites (N-methyl/N-ethyl adjacent to an activating group) is 1. The minimum Gasteiger partial charge on any atom is -0.383 e. The summed E-state index contributed by atoms with van der Waals surface area (Å²) in [6.07, 6.45) is 1.21. The van der Waals surface area contributed by atoms with Crippen molar-refractivity contribution >= 4 is 0 Å². The lowest BCUT2D eigenvalue weighted by Gasteiger charge is -2.33. The van der Waals surface area contributed by atoms with Crippen LogP contribution in [0.4, 0.5) is 0 Å². The van der Waals surface area contributed by atoms with E-state index in [1.807, 2.05) is 0 Å². The van der Waals surface area contributed by atoms with Gasteiger partial charge in [-0.2, -0.15) is 0 Å². The summed E-state index contributed by atoms with van der Waals surface area (Å²) in [5.74, 6) is 0. The minimum atomic E-state index is 0.374. The molecular formula is C12H28N2O. The van der Waals surface area contributed by atoms with Crippen molar-refractivity contribution in [2.45, 2.75) is 27.2 Å². The van der Waals surface area contributed by atoms with Gasteiger partial charge in [0.2, 0.25) is 0 Å². The van der Waals surface area contributed by atoms with Crippen molar-refractivity contribution in [1.29, 1.82) is 0 Å². The predicted molar refractivity (Wildman–Crippen MR) is 66.3 cm³/mol. The van der Waals surface area contributed by atoms with Gasteiger partial charge in [0.25, 0.3) is 0 Å². The summed E-state index contributed by atoms with van der Waals surface area (Å²) in [6, 6.07) is 0. The average Bonchev–Trinajstić information content (AvgIpc) is 2.23. The van der Waals surface area contributed by atoms with Gasteiger partial charge in [0.1, 0.15) is 0 Å². The average molecular weight is 216 g/mol. The van der Waals surface area contributed by atoms with Gasteiger partial charge >= 0.3 is 0 Å². The standard InChI is InChI=1S/C12H28N2O/c1-6-12(3,10-13-7-2)11-14(4)8-9-15-5/h13H,6-11H2,1-5H3. The molecule has 0 bridgehead atoms. The van der Waals surface area contributed by atoms with E-state index in [4.69, 9.17) is 4.74 Å². The SMILES string of the molecule is CCNCC(C)(CC)CN(C)CCOC. The molecule has 1 unspecified atom stereocenters. The van der Waals surface area contributed by atoms with E-state index < -0.39 is 0 Å². The molecule has 3 nitrogen and oxygen atoms in total. The van der Waals surface area contributed by atoms with Crippen LogP contribution >= 0.6 is 0 Å². The smallest absolute Gasteiger partial charge is 0.0589 e. The lowest BCUT2D eigenvalue weighted by Crippen LogP contribution is -2.41. The molecule has 3 heteroatoms. The number of hydrogen-bond donors (Lipinski definition) is 1. The van der Waals surface area contributed by atoms with Gasteiger partial charge < -0.3 is 15.0 Å². The lowest BCUT2D eigenvalue weighted by molar-refractivity contribution is 0.127. The molecule has 0 rings (SSSR count).